The van der Waals surface area contributed by atoms with Gasteiger partial charge in [0, 0.05) is 56.4 Å². The molecule has 2 heterocycles. The molecule has 0 N–H and O–H groups in total. The molecule has 33 heavy (non-hydrogen) atoms. The summed E-state index contributed by atoms with van der Waals surface area (Å²) in [6, 6.07) is 12.9. The molecule has 2 aliphatic rings. The molecule has 2 aliphatic heterocycles. The van der Waals surface area contributed by atoms with Crippen LogP contribution in [0.4, 0.5) is 0 Å². The van der Waals surface area contributed by atoms with Gasteiger partial charge in [-0.15, -0.1) is 0 Å². The van der Waals surface area contributed by atoms with Gasteiger partial charge in [-0.3, -0.25) is 9.69 Å². The van der Waals surface area contributed by atoms with Gasteiger partial charge in [-0.1, -0.05) is 36.7 Å². The van der Waals surface area contributed by atoms with E-state index in [1.165, 1.54) is 9.87 Å². The van der Waals surface area contributed by atoms with Gasteiger partial charge >= 0.3 is 0 Å². The lowest BCUT2D eigenvalue weighted by molar-refractivity contribution is 0.0628. The highest BCUT2D eigenvalue weighted by Gasteiger charge is 2.30. The minimum absolute atomic E-state index is 0.123. The van der Waals surface area contributed by atoms with E-state index in [0.717, 1.165) is 30.2 Å². The summed E-state index contributed by atoms with van der Waals surface area (Å²) in [6.07, 6.45) is 0.580. The highest BCUT2D eigenvalue weighted by atomic mass is 35.5. The van der Waals surface area contributed by atoms with Gasteiger partial charge in [0.15, 0.2) is 0 Å². The molecule has 0 aliphatic carbocycles. The van der Waals surface area contributed by atoms with E-state index in [1.54, 1.807) is 18.2 Å². The Balaban J connectivity index is 1.45. The van der Waals surface area contributed by atoms with Crippen LogP contribution in [0.25, 0.3) is 0 Å². The van der Waals surface area contributed by atoms with E-state index in [4.69, 9.17) is 16.3 Å². The molecule has 4 rings (SSSR count). The van der Waals surface area contributed by atoms with Crippen LogP contribution >= 0.6 is 11.6 Å². The second-order valence-corrected chi connectivity index (χ2v) is 10.7. The number of halogens is 1. The van der Waals surface area contributed by atoms with Crippen molar-refractivity contribution in [1.82, 2.24) is 14.1 Å². The molecule has 0 bridgehead atoms. The van der Waals surface area contributed by atoms with Crippen molar-refractivity contribution in [3.8, 4) is 0 Å². The molecule has 7 nitrogen and oxygen atoms in total. The van der Waals surface area contributed by atoms with E-state index in [9.17, 15) is 13.2 Å². The van der Waals surface area contributed by atoms with Crippen molar-refractivity contribution in [1.29, 1.82) is 0 Å². The lowest BCUT2D eigenvalue weighted by Crippen LogP contribution is -2.48. The van der Waals surface area contributed by atoms with Crippen molar-refractivity contribution in [2.45, 2.75) is 24.8 Å². The van der Waals surface area contributed by atoms with Gasteiger partial charge < -0.3 is 9.64 Å². The number of benzene rings is 2. The molecule has 0 spiro atoms. The third-order valence-corrected chi connectivity index (χ3v) is 8.49. The second kappa shape index (κ2) is 10.5. The van der Waals surface area contributed by atoms with E-state index in [0.29, 0.717) is 51.4 Å². The summed E-state index contributed by atoms with van der Waals surface area (Å²) in [6.45, 7) is 6.92. The summed E-state index contributed by atoms with van der Waals surface area (Å²) in [5, 5.41) is 0.721. The van der Waals surface area contributed by atoms with Crippen molar-refractivity contribution in [2.24, 2.45) is 0 Å². The van der Waals surface area contributed by atoms with E-state index in [-0.39, 0.29) is 10.8 Å². The van der Waals surface area contributed by atoms with Crippen LogP contribution in [0.2, 0.25) is 5.02 Å². The quantitative estimate of drug-likeness (QED) is 0.621. The zero-order valence-corrected chi connectivity index (χ0v) is 20.4. The van der Waals surface area contributed by atoms with Crippen LogP contribution in [0.5, 0.6) is 0 Å². The minimum Gasteiger partial charge on any atom is -0.379 e. The van der Waals surface area contributed by atoms with Crippen LogP contribution in [0.1, 0.15) is 28.4 Å². The van der Waals surface area contributed by atoms with Crippen molar-refractivity contribution in [3.05, 3.63) is 64.2 Å². The number of ether oxygens (including phenoxy) is 1. The van der Waals surface area contributed by atoms with Gasteiger partial charge in [0.2, 0.25) is 10.0 Å². The minimum atomic E-state index is -3.67. The molecule has 0 unspecified atom stereocenters. The van der Waals surface area contributed by atoms with E-state index in [1.807, 2.05) is 36.1 Å². The number of rotatable bonds is 6. The van der Waals surface area contributed by atoms with Crippen molar-refractivity contribution in [2.75, 3.05) is 52.5 Å². The average Bonchev–Trinajstić information content (AvgIpc) is 2.85. The van der Waals surface area contributed by atoms with Gasteiger partial charge in [0.25, 0.3) is 5.91 Å². The fraction of sp³-hybridized carbons (Fsp3) is 0.458. The number of hydrogen-bond acceptors (Lipinski definition) is 5. The molecule has 0 atom stereocenters. The monoisotopic (exact) mass is 491 g/mol. The van der Waals surface area contributed by atoms with Crippen LogP contribution in [-0.2, 0) is 27.7 Å². The lowest BCUT2D eigenvalue weighted by atomic mass is 10.1. The molecule has 9 heteroatoms. The number of nitrogens with zero attached hydrogens (tertiary/aromatic N) is 3. The maximum Gasteiger partial charge on any atom is 0.253 e. The van der Waals surface area contributed by atoms with Gasteiger partial charge in [-0.25, -0.2) is 8.42 Å². The SMILES string of the molecule is CCc1ccc(C(=O)N2CCN(Cc3ccc(Cl)cc3)CC2)cc1S(=O)(=O)N1CCOCC1. The number of aryl methyl sites for hydroxylation is 1. The zero-order valence-electron chi connectivity index (χ0n) is 18.9. The summed E-state index contributed by atoms with van der Waals surface area (Å²) < 4.78 is 33.3. The van der Waals surface area contributed by atoms with Crippen LogP contribution in [0.15, 0.2) is 47.4 Å². The van der Waals surface area contributed by atoms with Crippen LogP contribution in [-0.4, -0.2) is 80.9 Å². The highest BCUT2D eigenvalue weighted by Crippen LogP contribution is 2.24. The normalized spacial score (nSPS) is 18.4. The largest absolute Gasteiger partial charge is 0.379 e. The van der Waals surface area contributed by atoms with E-state index >= 15 is 0 Å². The third-order valence-electron chi connectivity index (χ3n) is 6.26. The first-order valence-electron chi connectivity index (χ1n) is 11.4. The van der Waals surface area contributed by atoms with Crippen LogP contribution < -0.4 is 0 Å². The first-order chi connectivity index (χ1) is 15.9. The summed E-state index contributed by atoms with van der Waals surface area (Å²) >= 11 is 5.97. The van der Waals surface area contributed by atoms with Crippen LogP contribution in [0, 0.1) is 0 Å². The summed E-state index contributed by atoms with van der Waals surface area (Å²) in [5.41, 5.74) is 2.34. The molecule has 0 saturated carbocycles. The van der Waals surface area contributed by atoms with Gasteiger partial charge in [0.1, 0.15) is 0 Å². The molecule has 0 aromatic heterocycles. The molecular formula is C24H30ClN3O4S. The number of amides is 1. The Labute approximate surface area is 200 Å². The Bertz CT molecular complexity index is 1080. The topological polar surface area (TPSA) is 70.2 Å². The van der Waals surface area contributed by atoms with Crippen molar-refractivity contribution in [3.63, 3.8) is 0 Å². The predicted molar refractivity (Wildman–Crippen MR) is 128 cm³/mol. The Morgan fingerprint density at radius 3 is 2.27 bits per heavy atom. The number of carbonyl (C=O) groups is 1. The number of morpholine rings is 1. The van der Waals surface area contributed by atoms with Gasteiger partial charge in [0.05, 0.1) is 18.1 Å². The molecule has 178 valence electrons. The van der Waals surface area contributed by atoms with Crippen LogP contribution in [0.3, 0.4) is 0 Å². The van der Waals surface area contributed by atoms with Crippen molar-refractivity contribution >= 4 is 27.5 Å². The Hall–Kier alpha value is -1.97. The summed E-state index contributed by atoms with van der Waals surface area (Å²) in [5.74, 6) is -0.123. The van der Waals surface area contributed by atoms with Crippen molar-refractivity contribution < 1.29 is 17.9 Å². The summed E-state index contributed by atoms with van der Waals surface area (Å²) in [4.78, 5) is 17.6. The molecule has 2 saturated heterocycles. The predicted octanol–water partition coefficient (Wildman–Crippen LogP) is 2.88. The zero-order chi connectivity index (χ0) is 23.4. The lowest BCUT2D eigenvalue weighted by Gasteiger charge is -2.35. The first-order valence-corrected chi connectivity index (χ1v) is 13.2. The molecular weight excluding hydrogens is 462 g/mol. The molecule has 2 aromatic carbocycles. The molecule has 1 amide bonds. The Morgan fingerprint density at radius 1 is 0.970 bits per heavy atom. The number of hydrogen-bond donors (Lipinski definition) is 0. The maximum atomic E-state index is 13.3. The fourth-order valence-corrected chi connectivity index (χ4v) is 6.14. The maximum absolute atomic E-state index is 13.3. The van der Waals surface area contributed by atoms with E-state index in [2.05, 4.69) is 4.90 Å². The van der Waals surface area contributed by atoms with E-state index < -0.39 is 10.0 Å². The Kier molecular flexibility index (Phi) is 7.71. The Morgan fingerprint density at radius 2 is 1.64 bits per heavy atom. The highest BCUT2D eigenvalue weighted by molar-refractivity contribution is 7.89. The number of piperazine rings is 1. The number of carbonyl (C=O) groups excluding carboxylic acids is 1. The summed E-state index contributed by atoms with van der Waals surface area (Å²) in [7, 11) is -3.67. The van der Waals surface area contributed by atoms with Gasteiger partial charge in [-0.05, 0) is 41.8 Å². The standard InChI is InChI=1S/C24H30ClN3O4S/c1-2-20-5-6-21(17-23(20)33(30,31)28-13-15-32-16-14-28)24(29)27-11-9-26(10-12-27)18-19-3-7-22(25)8-4-19/h3-8,17H,2,9-16,18H2,1H3. The molecule has 2 fully saturated rings. The molecule has 2 aromatic rings. The average molecular weight is 492 g/mol. The first kappa shape index (κ1) is 24.2. The third kappa shape index (κ3) is 5.58. The fourth-order valence-electron chi connectivity index (χ4n) is 4.29. The smallest absolute Gasteiger partial charge is 0.253 e. The second-order valence-electron chi connectivity index (χ2n) is 8.39. The number of sulfonamides is 1. The van der Waals surface area contributed by atoms with Gasteiger partial charge in [-0.2, -0.15) is 4.31 Å². The molecule has 0 radical (unpaired) electrons.